The lowest BCUT2D eigenvalue weighted by Crippen LogP contribution is -2.57. The molecule has 2 unspecified atom stereocenters. The summed E-state index contributed by atoms with van der Waals surface area (Å²) in [6, 6.07) is -0.869. The first-order chi connectivity index (χ1) is 16.3. The molecule has 1 spiro atoms. The first-order valence-electron chi connectivity index (χ1n) is 12.6. The Morgan fingerprint density at radius 2 is 2.03 bits per heavy atom. The Morgan fingerprint density at radius 1 is 1.26 bits per heavy atom. The molecule has 0 saturated carbocycles. The number of likely N-dealkylation sites (tertiary alicyclic amines) is 1. The fourth-order valence-corrected chi connectivity index (χ4v) is 5.85. The van der Waals surface area contributed by atoms with Crippen LogP contribution in [0.4, 0.5) is 0 Å². The third-order valence-corrected chi connectivity index (χ3v) is 7.39. The Morgan fingerprint density at radius 3 is 2.68 bits per heavy atom. The Bertz CT molecular complexity index is 783. The Kier molecular flexibility index (Phi) is 8.93. The van der Waals surface area contributed by atoms with Crippen LogP contribution in [0.5, 0.6) is 0 Å². The van der Waals surface area contributed by atoms with E-state index in [0.717, 1.165) is 19.3 Å². The average Bonchev–Trinajstić information content (AvgIpc) is 3.44. The van der Waals surface area contributed by atoms with Crippen molar-refractivity contribution in [2.75, 3.05) is 26.3 Å². The number of aliphatic hydroxyl groups is 1. The average molecular weight is 477 g/mol. The maximum absolute atomic E-state index is 13.9. The molecule has 2 bridgehead atoms. The highest BCUT2D eigenvalue weighted by Gasteiger charge is 2.75. The Labute approximate surface area is 202 Å². The van der Waals surface area contributed by atoms with E-state index in [0.29, 0.717) is 45.4 Å². The summed E-state index contributed by atoms with van der Waals surface area (Å²) in [6.45, 7) is 12.4. The van der Waals surface area contributed by atoms with Crippen LogP contribution in [0.25, 0.3) is 0 Å². The van der Waals surface area contributed by atoms with Crippen molar-refractivity contribution in [1.29, 1.82) is 0 Å². The highest BCUT2D eigenvalue weighted by molar-refractivity contribution is 5.98. The van der Waals surface area contributed by atoms with E-state index in [9.17, 15) is 19.5 Å². The summed E-state index contributed by atoms with van der Waals surface area (Å²) in [6.07, 6.45) is 7.87. The molecule has 0 aromatic carbocycles. The number of carbonyl (C=O) groups excluding carboxylic acids is 3. The molecular weight excluding hydrogens is 436 g/mol. The van der Waals surface area contributed by atoms with Gasteiger partial charge in [-0.05, 0) is 58.8 Å². The van der Waals surface area contributed by atoms with E-state index in [4.69, 9.17) is 9.47 Å². The Hall–Kier alpha value is -2.19. The second-order valence-corrected chi connectivity index (χ2v) is 9.84. The van der Waals surface area contributed by atoms with Crippen LogP contribution in [-0.2, 0) is 23.9 Å². The maximum atomic E-state index is 13.9. The summed E-state index contributed by atoms with van der Waals surface area (Å²) >= 11 is 0. The zero-order valence-corrected chi connectivity index (χ0v) is 20.6. The molecule has 3 rings (SSSR count). The molecule has 3 fully saturated rings. The fraction of sp³-hybridized carbons (Fsp3) is 0.731. The number of unbranched alkanes of at least 4 members (excludes halogenated alkanes) is 3. The molecule has 5 atom stereocenters. The van der Waals surface area contributed by atoms with E-state index >= 15 is 0 Å². The number of hydrogen-bond donors (Lipinski definition) is 1. The topological polar surface area (TPSA) is 96.4 Å². The summed E-state index contributed by atoms with van der Waals surface area (Å²) in [4.78, 5) is 44.0. The lowest BCUT2D eigenvalue weighted by atomic mass is 9.70. The lowest BCUT2D eigenvalue weighted by molar-refractivity contribution is -0.155. The van der Waals surface area contributed by atoms with Crippen molar-refractivity contribution >= 4 is 17.8 Å². The number of carbonyl (C=O) groups is 3. The first-order valence-corrected chi connectivity index (χ1v) is 12.6. The summed E-state index contributed by atoms with van der Waals surface area (Å²) in [5.41, 5.74) is -1.01. The molecule has 34 heavy (non-hydrogen) atoms. The predicted octanol–water partition coefficient (Wildman–Crippen LogP) is 2.46. The van der Waals surface area contributed by atoms with Crippen LogP contribution in [0.15, 0.2) is 25.3 Å². The van der Waals surface area contributed by atoms with Crippen molar-refractivity contribution in [2.45, 2.75) is 82.6 Å². The van der Waals surface area contributed by atoms with Crippen molar-refractivity contribution < 1.29 is 29.0 Å². The third kappa shape index (κ3) is 4.80. The molecule has 0 aliphatic carbocycles. The number of allylic oxidation sites excluding steroid dienone is 1. The molecule has 0 aromatic heterocycles. The number of hydrogen-bond acceptors (Lipinski definition) is 6. The smallest absolute Gasteiger partial charge is 0.312 e. The molecule has 0 aromatic rings. The predicted molar refractivity (Wildman–Crippen MR) is 128 cm³/mol. The van der Waals surface area contributed by atoms with E-state index in [1.54, 1.807) is 15.9 Å². The number of amides is 2. The second-order valence-electron chi connectivity index (χ2n) is 9.84. The molecule has 2 amide bonds. The van der Waals surface area contributed by atoms with Crippen molar-refractivity contribution in [3.05, 3.63) is 25.3 Å². The minimum absolute atomic E-state index is 0.0170. The van der Waals surface area contributed by atoms with Gasteiger partial charge in [-0.25, -0.2) is 0 Å². The number of esters is 1. The molecule has 3 aliphatic rings. The van der Waals surface area contributed by atoms with E-state index in [2.05, 4.69) is 13.2 Å². The van der Waals surface area contributed by atoms with Gasteiger partial charge in [0.1, 0.15) is 11.6 Å². The second kappa shape index (κ2) is 11.5. The molecule has 3 heterocycles. The Balaban J connectivity index is 1.87. The molecule has 1 N–H and O–H groups in total. The van der Waals surface area contributed by atoms with Crippen molar-refractivity contribution in [3.8, 4) is 0 Å². The maximum Gasteiger partial charge on any atom is 0.312 e. The highest BCUT2D eigenvalue weighted by Crippen LogP contribution is 2.58. The van der Waals surface area contributed by atoms with Gasteiger partial charge in [0.15, 0.2) is 0 Å². The van der Waals surface area contributed by atoms with E-state index < -0.39 is 35.6 Å². The number of aliphatic hydroxyl groups excluding tert-OH is 1. The van der Waals surface area contributed by atoms with Crippen LogP contribution >= 0.6 is 0 Å². The van der Waals surface area contributed by atoms with Crippen molar-refractivity contribution in [3.63, 3.8) is 0 Å². The molecule has 190 valence electrons. The minimum atomic E-state index is -1.01. The minimum Gasteiger partial charge on any atom is -0.465 e. The van der Waals surface area contributed by atoms with E-state index in [-0.39, 0.29) is 24.5 Å². The summed E-state index contributed by atoms with van der Waals surface area (Å²) in [7, 11) is 0. The molecular formula is C26H40N2O6. The number of rotatable bonds is 14. The summed E-state index contributed by atoms with van der Waals surface area (Å²) in [5, 5.41) is 9.25. The summed E-state index contributed by atoms with van der Waals surface area (Å²) in [5.74, 6) is -2.19. The number of fused-ring (bicyclic) bond motifs is 1. The van der Waals surface area contributed by atoms with Crippen LogP contribution in [0, 0.1) is 11.8 Å². The van der Waals surface area contributed by atoms with E-state index in [1.165, 1.54) is 0 Å². The van der Waals surface area contributed by atoms with Gasteiger partial charge in [0.05, 0.1) is 24.5 Å². The fourth-order valence-electron chi connectivity index (χ4n) is 5.85. The van der Waals surface area contributed by atoms with Crippen LogP contribution < -0.4 is 0 Å². The molecule has 0 radical (unpaired) electrons. The van der Waals surface area contributed by atoms with Crippen LogP contribution in [0.3, 0.4) is 0 Å². The molecule has 3 saturated heterocycles. The zero-order valence-electron chi connectivity index (χ0n) is 20.6. The van der Waals surface area contributed by atoms with Gasteiger partial charge in [0.25, 0.3) is 0 Å². The molecule has 8 nitrogen and oxygen atoms in total. The van der Waals surface area contributed by atoms with Gasteiger partial charge in [-0.15, -0.1) is 13.2 Å². The van der Waals surface area contributed by atoms with Gasteiger partial charge in [-0.1, -0.05) is 12.2 Å². The van der Waals surface area contributed by atoms with Crippen LogP contribution in [0.1, 0.15) is 58.8 Å². The normalized spacial score (nSPS) is 29.4. The van der Waals surface area contributed by atoms with Gasteiger partial charge in [-0.3, -0.25) is 14.4 Å². The standard InChI is InChI=1S/C26H40N2O6/c1-5-7-8-11-17-33-25(32)20-19-12-13-26(34-19)21(20)23(30)28(15-9-10-16-29)22(26)24(31)27(14-6-2)18(3)4/h5-6,18-22,29H,1-2,7-17H2,3-4H3/t19-,20+,21-,22?,26?/m0/s1. The highest BCUT2D eigenvalue weighted by atomic mass is 16.6. The SMILES string of the molecule is C=CCCCCOC(=O)[C@@H]1[C@@H]2CCC3(O2)C(C(=O)N(CC=C)C(C)C)N(CCCCO)C(=O)[C@H]13. The van der Waals surface area contributed by atoms with Gasteiger partial charge in [0, 0.05) is 25.7 Å². The van der Waals surface area contributed by atoms with Gasteiger partial charge in [-0.2, -0.15) is 0 Å². The zero-order chi connectivity index (χ0) is 24.9. The quantitative estimate of drug-likeness (QED) is 0.235. The summed E-state index contributed by atoms with van der Waals surface area (Å²) < 4.78 is 12.0. The molecule has 8 heteroatoms. The molecule has 3 aliphatic heterocycles. The van der Waals surface area contributed by atoms with Gasteiger partial charge in [0.2, 0.25) is 11.8 Å². The number of ether oxygens (including phenoxy) is 2. The van der Waals surface area contributed by atoms with Crippen molar-refractivity contribution in [2.24, 2.45) is 11.8 Å². The van der Waals surface area contributed by atoms with Crippen LogP contribution in [0.2, 0.25) is 0 Å². The van der Waals surface area contributed by atoms with Crippen molar-refractivity contribution in [1.82, 2.24) is 9.80 Å². The first kappa shape index (κ1) is 26.4. The third-order valence-electron chi connectivity index (χ3n) is 7.39. The largest absolute Gasteiger partial charge is 0.465 e. The monoisotopic (exact) mass is 476 g/mol. The number of nitrogens with zero attached hydrogens (tertiary/aromatic N) is 2. The lowest BCUT2D eigenvalue weighted by Gasteiger charge is -2.38. The van der Waals surface area contributed by atoms with Gasteiger partial charge >= 0.3 is 5.97 Å². The van der Waals surface area contributed by atoms with E-state index in [1.807, 2.05) is 19.9 Å². The van der Waals surface area contributed by atoms with Gasteiger partial charge < -0.3 is 24.4 Å². The van der Waals surface area contributed by atoms with Crippen LogP contribution in [-0.4, -0.2) is 82.8 Å².